The molecule has 0 heterocycles. The molecule has 5 heteroatoms. The number of esters is 1. The second kappa shape index (κ2) is 9.32. The van der Waals surface area contributed by atoms with E-state index in [-0.39, 0.29) is 12.0 Å². The second-order valence-corrected chi connectivity index (χ2v) is 5.68. The van der Waals surface area contributed by atoms with Crippen molar-refractivity contribution < 1.29 is 14.3 Å². The minimum atomic E-state index is -0.950. The lowest BCUT2D eigenvalue weighted by Gasteiger charge is -2.37. The van der Waals surface area contributed by atoms with Crippen LogP contribution in [0.4, 0.5) is 0 Å². The van der Waals surface area contributed by atoms with Crippen LogP contribution in [0.15, 0.2) is 0 Å². The van der Waals surface area contributed by atoms with E-state index < -0.39 is 5.54 Å². The Morgan fingerprint density at radius 3 is 2.35 bits per heavy atom. The molecular weight excluding hydrogens is 256 g/mol. The van der Waals surface area contributed by atoms with Crippen molar-refractivity contribution in [2.24, 2.45) is 5.73 Å². The van der Waals surface area contributed by atoms with Crippen LogP contribution in [0, 0.1) is 0 Å². The monoisotopic (exact) mass is 288 g/mol. The third kappa shape index (κ3) is 6.20. The highest BCUT2D eigenvalue weighted by Crippen LogP contribution is 2.18. The molecule has 0 aromatic rings. The number of hydrogen-bond acceptors (Lipinski definition) is 5. The maximum absolute atomic E-state index is 11.9. The number of methoxy groups -OCH3 is 1. The molecule has 0 radical (unpaired) electrons. The Bertz CT molecular complexity index is 282. The Morgan fingerprint density at radius 2 is 1.90 bits per heavy atom. The summed E-state index contributed by atoms with van der Waals surface area (Å²) in [6.45, 7) is 11.9. The highest BCUT2D eigenvalue weighted by atomic mass is 16.5. The summed E-state index contributed by atoms with van der Waals surface area (Å²) >= 11 is 0. The van der Waals surface area contributed by atoms with Gasteiger partial charge in [0.2, 0.25) is 0 Å². The van der Waals surface area contributed by atoms with E-state index in [9.17, 15) is 4.79 Å². The molecule has 2 N–H and O–H groups in total. The molecule has 0 fully saturated rings. The van der Waals surface area contributed by atoms with Crippen LogP contribution in [0.3, 0.4) is 0 Å². The van der Waals surface area contributed by atoms with Gasteiger partial charge in [-0.15, -0.1) is 0 Å². The van der Waals surface area contributed by atoms with E-state index in [0.717, 1.165) is 13.0 Å². The zero-order chi connectivity index (χ0) is 15.8. The molecule has 0 aliphatic carbocycles. The van der Waals surface area contributed by atoms with Crippen LogP contribution in [-0.2, 0) is 14.3 Å². The van der Waals surface area contributed by atoms with Crippen LogP contribution in [0.1, 0.15) is 47.5 Å². The quantitative estimate of drug-likeness (QED) is 0.621. The Labute approximate surface area is 123 Å². The normalized spacial score (nSPS) is 17.6. The van der Waals surface area contributed by atoms with E-state index >= 15 is 0 Å². The van der Waals surface area contributed by atoms with E-state index in [0.29, 0.717) is 25.7 Å². The lowest BCUT2D eigenvalue weighted by molar-refractivity contribution is -0.149. The molecule has 3 unspecified atom stereocenters. The third-order valence-corrected chi connectivity index (χ3v) is 3.74. The van der Waals surface area contributed by atoms with Gasteiger partial charge in [-0.05, 0) is 40.5 Å². The first-order valence-corrected chi connectivity index (χ1v) is 7.50. The first-order chi connectivity index (χ1) is 9.30. The van der Waals surface area contributed by atoms with Crippen LogP contribution in [-0.4, -0.2) is 55.4 Å². The van der Waals surface area contributed by atoms with E-state index in [1.807, 2.05) is 0 Å². The highest BCUT2D eigenvalue weighted by Gasteiger charge is 2.34. The molecule has 3 atom stereocenters. The van der Waals surface area contributed by atoms with Gasteiger partial charge in [0.15, 0.2) is 0 Å². The number of nitrogens with zero attached hydrogens (tertiary/aromatic N) is 1. The Morgan fingerprint density at radius 1 is 1.30 bits per heavy atom. The Hall–Kier alpha value is -0.650. The van der Waals surface area contributed by atoms with Crippen molar-refractivity contribution in [1.29, 1.82) is 0 Å². The molecule has 0 aromatic heterocycles. The number of ether oxygens (including phenoxy) is 2. The minimum absolute atomic E-state index is 0.194. The predicted molar refractivity (Wildman–Crippen MR) is 81.6 cm³/mol. The summed E-state index contributed by atoms with van der Waals surface area (Å²) in [6.07, 6.45) is 1.62. The number of carbonyl (C=O) groups is 1. The van der Waals surface area contributed by atoms with Gasteiger partial charge in [0.25, 0.3) is 0 Å². The SMILES string of the molecule is CCOC(=O)C(C)(N)CC(C)N(CCOC)C(C)CC. The van der Waals surface area contributed by atoms with Crippen LogP contribution < -0.4 is 5.73 Å². The topological polar surface area (TPSA) is 64.8 Å². The predicted octanol–water partition coefficient (Wildman–Crippen LogP) is 1.79. The molecule has 0 aliphatic rings. The average molecular weight is 288 g/mol. The first kappa shape index (κ1) is 19.4. The number of nitrogens with two attached hydrogens (primary N) is 1. The molecule has 0 aliphatic heterocycles. The van der Waals surface area contributed by atoms with Crippen molar-refractivity contribution >= 4 is 5.97 Å². The van der Waals surface area contributed by atoms with Gasteiger partial charge in [-0.1, -0.05) is 6.92 Å². The fraction of sp³-hybridized carbons (Fsp3) is 0.933. The van der Waals surface area contributed by atoms with Crippen molar-refractivity contribution in [2.75, 3.05) is 26.9 Å². The summed E-state index contributed by atoms with van der Waals surface area (Å²) in [5.74, 6) is -0.331. The van der Waals surface area contributed by atoms with Crippen LogP contribution in [0.5, 0.6) is 0 Å². The average Bonchev–Trinajstić information content (AvgIpc) is 2.38. The zero-order valence-corrected chi connectivity index (χ0v) is 13.9. The lowest BCUT2D eigenvalue weighted by atomic mass is 9.93. The van der Waals surface area contributed by atoms with Crippen LogP contribution in [0.2, 0.25) is 0 Å². The number of carbonyl (C=O) groups excluding carboxylic acids is 1. The van der Waals surface area contributed by atoms with Crippen LogP contribution >= 0.6 is 0 Å². The molecular formula is C15H32N2O3. The van der Waals surface area contributed by atoms with E-state index in [1.54, 1.807) is 21.0 Å². The van der Waals surface area contributed by atoms with Crippen molar-refractivity contribution in [3.63, 3.8) is 0 Å². The maximum Gasteiger partial charge on any atom is 0.325 e. The van der Waals surface area contributed by atoms with Gasteiger partial charge in [-0.25, -0.2) is 0 Å². The number of hydrogen-bond donors (Lipinski definition) is 1. The summed E-state index contributed by atoms with van der Waals surface area (Å²) in [5, 5.41) is 0. The lowest BCUT2D eigenvalue weighted by Crippen LogP contribution is -2.52. The molecule has 0 rings (SSSR count). The summed E-state index contributed by atoms with van der Waals surface area (Å²) in [6, 6.07) is 0.623. The molecule has 0 saturated carbocycles. The third-order valence-electron chi connectivity index (χ3n) is 3.74. The molecule has 0 spiro atoms. The van der Waals surface area contributed by atoms with Crippen molar-refractivity contribution in [3.8, 4) is 0 Å². The minimum Gasteiger partial charge on any atom is -0.465 e. The maximum atomic E-state index is 11.9. The molecule has 5 nitrogen and oxygen atoms in total. The highest BCUT2D eigenvalue weighted by molar-refractivity contribution is 5.80. The summed E-state index contributed by atoms with van der Waals surface area (Å²) in [4.78, 5) is 14.2. The van der Waals surface area contributed by atoms with Gasteiger partial charge in [-0.2, -0.15) is 0 Å². The first-order valence-electron chi connectivity index (χ1n) is 7.50. The van der Waals surface area contributed by atoms with Gasteiger partial charge in [0.1, 0.15) is 5.54 Å². The van der Waals surface area contributed by atoms with Crippen molar-refractivity contribution in [1.82, 2.24) is 4.90 Å². The summed E-state index contributed by atoms with van der Waals surface area (Å²) < 4.78 is 10.2. The fourth-order valence-corrected chi connectivity index (χ4v) is 2.42. The molecule has 0 amide bonds. The molecule has 0 bridgehead atoms. The van der Waals surface area contributed by atoms with E-state index in [2.05, 4.69) is 25.7 Å². The Balaban J connectivity index is 4.72. The molecule has 0 saturated heterocycles. The van der Waals surface area contributed by atoms with Crippen LogP contribution in [0.25, 0.3) is 0 Å². The van der Waals surface area contributed by atoms with Crippen molar-refractivity contribution in [2.45, 2.75) is 65.1 Å². The van der Waals surface area contributed by atoms with Gasteiger partial charge in [0.05, 0.1) is 13.2 Å². The second-order valence-electron chi connectivity index (χ2n) is 5.68. The molecule has 120 valence electrons. The fourth-order valence-electron chi connectivity index (χ4n) is 2.42. The number of rotatable bonds is 10. The van der Waals surface area contributed by atoms with Gasteiger partial charge < -0.3 is 15.2 Å². The largest absolute Gasteiger partial charge is 0.465 e. The van der Waals surface area contributed by atoms with Crippen molar-refractivity contribution in [3.05, 3.63) is 0 Å². The zero-order valence-electron chi connectivity index (χ0n) is 13.9. The van der Waals surface area contributed by atoms with E-state index in [1.165, 1.54) is 0 Å². The van der Waals surface area contributed by atoms with Gasteiger partial charge >= 0.3 is 5.97 Å². The summed E-state index contributed by atoms with van der Waals surface area (Å²) in [7, 11) is 1.70. The smallest absolute Gasteiger partial charge is 0.325 e. The standard InChI is InChI=1S/C15H32N2O3/c1-7-12(3)17(9-10-19-6)13(4)11-15(5,16)14(18)20-8-2/h12-13H,7-11,16H2,1-6H3. The van der Waals surface area contributed by atoms with Gasteiger partial charge in [0, 0.05) is 25.7 Å². The molecule has 0 aromatic carbocycles. The Kier molecular flexibility index (Phi) is 9.01. The van der Waals surface area contributed by atoms with Gasteiger partial charge in [-0.3, -0.25) is 9.69 Å². The summed E-state index contributed by atoms with van der Waals surface area (Å²) in [5.41, 5.74) is 5.17. The van der Waals surface area contributed by atoms with E-state index in [4.69, 9.17) is 15.2 Å². The molecule has 20 heavy (non-hydrogen) atoms.